The molecule has 3 aromatic heterocycles. The van der Waals surface area contributed by atoms with Gasteiger partial charge in [-0.15, -0.1) is 0 Å². The van der Waals surface area contributed by atoms with Crippen LogP contribution in [0.1, 0.15) is 18.2 Å². The third-order valence-electron chi connectivity index (χ3n) is 5.19. The van der Waals surface area contributed by atoms with Gasteiger partial charge in [0.05, 0.1) is 17.7 Å². The van der Waals surface area contributed by atoms with Crippen molar-refractivity contribution in [3.05, 3.63) is 72.1 Å². The summed E-state index contributed by atoms with van der Waals surface area (Å²) in [6, 6.07) is 10.1. The molecule has 0 aliphatic carbocycles. The van der Waals surface area contributed by atoms with E-state index in [2.05, 4.69) is 39.2 Å². The van der Waals surface area contributed by atoms with Gasteiger partial charge in [-0.05, 0) is 37.8 Å². The summed E-state index contributed by atoms with van der Waals surface area (Å²) in [4.78, 5) is 13.8. The normalized spacial score (nSPS) is 12.5. The Labute approximate surface area is 186 Å². The summed E-state index contributed by atoms with van der Waals surface area (Å²) >= 11 is 0. The Hall–Kier alpha value is -3.94. The Balaban J connectivity index is 1.69. The first-order chi connectivity index (χ1) is 15.5. The van der Waals surface area contributed by atoms with Crippen molar-refractivity contribution in [1.82, 2.24) is 19.6 Å². The highest BCUT2D eigenvalue weighted by Crippen LogP contribution is 2.26. The number of hydrogen-bond acceptors (Lipinski definition) is 5. The average Bonchev–Trinajstić information content (AvgIpc) is 3.37. The Morgan fingerprint density at radius 1 is 1.34 bits per heavy atom. The van der Waals surface area contributed by atoms with Crippen molar-refractivity contribution in [3.63, 3.8) is 0 Å². The molecule has 0 fully saturated rings. The molecule has 0 radical (unpaired) electrons. The summed E-state index contributed by atoms with van der Waals surface area (Å²) in [5.74, 6) is 0.426. The van der Waals surface area contributed by atoms with E-state index >= 15 is 0 Å². The molecule has 3 heterocycles. The first kappa shape index (κ1) is 21.3. The molecule has 8 heteroatoms. The fourth-order valence-electron chi connectivity index (χ4n) is 3.69. The number of nitrogens with one attached hydrogen (secondary N) is 2. The molecule has 4 aromatic rings. The molecule has 7 nitrogen and oxygen atoms in total. The Morgan fingerprint density at radius 3 is 2.91 bits per heavy atom. The van der Waals surface area contributed by atoms with E-state index in [4.69, 9.17) is 4.98 Å². The van der Waals surface area contributed by atoms with Crippen LogP contribution in [0.4, 0.5) is 15.9 Å². The van der Waals surface area contributed by atoms with Crippen LogP contribution in [0, 0.1) is 0 Å². The van der Waals surface area contributed by atoms with Crippen molar-refractivity contribution in [3.8, 4) is 0 Å². The van der Waals surface area contributed by atoms with E-state index in [-0.39, 0.29) is 5.83 Å². The number of anilines is 2. The second-order valence-corrected chi connectivity index (χ2v) is 7.72. The van der Waals surface area contributed by atoms with Crippen molar-refractivity contribution in [2.45, 2.75) is 13.3 Å². The van der Waals surface area contributed by atoms with Crippen molar-refractivity contribution in [2.24, 2.45) is 4.99 Å². The smallest absolute Gasteiger partial charge is 0.181 e. The van der Waals surface area contributed by atoms with E-state index in [0.29, 0.717) is 23.5 Å². The lowest BCUT2D eigenvalue weighted by molar-refractivity contribution is 0.641. The van der Waals surface area contributed by atoms with Crippen LogP contribution in [-0.2, 0) is 6.42 Å². The lowest BCUT2D eigenvalue weighted by atomic mass is 10.1. The van der Waals surface area contributed by atoms with Crippen LogP contribution in [-0.4, -0.2) is 46.9 Å². The molecule has 2 N–H and O–H groups in total. The fraction of sp³-hybridized carbons (Fsp3) is 0.208. The van der Waals surface area contributed by atoms with Gasteiger partial charge in [0.15, 0.2) is 5.65 Å². The molecule has 0 saturated carbocycles. The molecule has 0 saturated heterocycles. The molecule has 164 valence electrons. The van der Waals surface area contributed by atoms with Gasteiger partial charge in [0.25, 0.3) is 0 Å². The number of H-pyrrole nitrogens is 1. The zero-order valence-electron chi connectivity index (χ0n) is 18.4. The van der Waals surface area contributed by atoms with Crippen LogP contribution < -0.4 is 10.2 Å². The Kier molecular flexibility index (Phi) is 6.02. The number of aliphatic imine (C=N–C) groups is 1. The second-order valence-electron chi connectivity index (χ2n) is 7.72. The van der Waals surface area contributed by atoms with E-state index in [9.17, 15) is 4.39 Å². The van der Waals surface area contributed by atoms with Crippen LogP contribution in [0.5, 0.6) is 0 Å². The van der Waals surface area contributed by atoms with Crippen LogP contribution in [0.2, 0.25) is 0 Å². The first-order valence-electron chi connectivity index (χ1n) is 10.3. The van der Waals surface area contributed by atoms with Crippen LogP contribution in [0.3, 0.4) is 0 Å². The topological polar surface area (TPSA) is 73.6 Å². The number of benzene rings is 1. The van der Waals surface area contributed by atoms with E-state index in [1.807, 2.05) is 43.4 Å². The van der Waals surface area contributed by atoms with Crippen LogP contribution in [0.25, 0.3) is 22.1 Å². The number of allylic oxidation sites excluding steroid dienone is 3. The molecule has 0 spiro atoms. The second kappa shape index (κ2) is 9.05. The van der Waals surface area contributed by atoms with Crippen molar-refractivity contribution >= 4 is 40.3 Å². The largest absolute Gasteiger partial charge is 0.373 e. The molecule has 4 rings (SSSR count). The molecule has 1 aromatic carbocycles. The molecule has 32 heavy (non-hydrogen) atoms. The van der Waals surface area contributed by atoms with E-state index in [0.717, 1.165) is 23.4 Å². The summed E-state index contributed by atoms with van der Waals surface area (Å²) in [6.07, 6.45) is 7.54. The molecule has 0 amide bonds. The number of para-hydroxylation sites is 1. The van der Waals surface area contributed by atoms with Gasteiger partial charge in [0.2, 0.25) is 0 Å². The lowest BCUT2D eigenvalue weighted by Gasteiger charge is -2.13. The number of rotatable bonds is 8. The van der Waals surface area contributed by atoms with Crippen molar-refractivity contribution < 1.29 is 4.39 Å². The monoisotopic (exact) mass is 431 g/mol. The molecule has 0 bridgehead atoms. The minimum absolute atomic E-state index is 0.336. The maximum Gasteiger partial charge on any atom is 0.181 e. The number of aromatic amines is 1. The SMILES string of the molecule is C=N/C=C(\C=C(/C)F)c1cc(NCCc2c[nH]c3ccccc23)n2ncc(N(C)C)c2n1. The van der Waals surface area contributed by atoms with Gasteiger partial charge in [-0.25, -0.2) is 9.37 Å². The first-order valence-corrected chi connectivity index (χ1v) is 10.3. The highest BCUT2D eigenvalue weighted by molar-refractivity contribution is 5.83. The van der Waals surface area contributed by atoms with Gasteiger partial charge < -0.3 is 15.2 Å². The fourth-order valence-corrected chi connectivity index (χ4v) is 3.69. The standard InChI is InChI=1S/C24H26FN7/c1-16(25)11-18(13-26-2)21-12-23(32-24(30-21)22(15-29-32)31(3)4)27-10-9-17-14-28-20-8-6-5-7-19(17)20/h5-8,11-15,27-28H,2,9-10H2,1,3-4H3/b16-11+,18-13+. The van der Waals surface area contributed by atoms with E-state index in [1.165, 1.54) is 30.1 Å². The summed E-state index contributed by atoms with van der Waals surface area (Å²) in [7, 11) is 3.87. The molecule has 0 aliphatic rings. The van der Waals surface area contributed by atoms with Crippen LogP contribution >= 0.6 is 0 Å². The zero-order valence-corrected chi connectivity index (χ0v) is 18.4. The number of nitrogens with zero attached hydrogens (tertiary/aromatic N) is 5. The number of hydrogen-bond donors (Lipinski definition) is 2. The summed E-state index contributed by atoms with van der Waals surface area (Å²) in [6.45, 7) is 5.58. The molecule has 0 atom stereocenters. The van der Waals surface area contributed by atoms with Gasteiger partial charge in [0, 0.05) is 55.6 Å². The quantitative estimate of drug-likeness (QED) is 0.309. The molecular formula is C24H26FN7. The number of fused-ring (bicyclic) bond motifs is 2. The van der Waals surface area contributed by atoms with E-state index in [1.54, 1.807) is 10.7 Å². The minimum atomic E-state index is -0.336. The van der Waals surface area contributed by atoms with Gasteiger partial charge in [-0.2, -0.15) is 9.61 Å². The molecule has 0 aliphatic heterocycles. The highest BCUT2D eigenvalue weighted by Gasteiger charge is 2.15. The molecular weight excluding hydrogens is 405 g/mol. The highest BCUT2D eigenvalue weighted by atomic mass is 19.1. The summed E-state index contributed by atoms with van der Waals surface area (Å²) in [5, 5.41) is 9.20. The van der Waals surface area contributed by atoms with Gasteiger partial charge in [-0.3, -0.25) is 4.99 Å². The average molecular weight is 432 g/mol. The van der Waals surface area contributed by atoms with Gasteiger partial charge in [-0.1, -0.05) is 18.2 Å². The van der Waals surface area contributed by atoms with E-state index < -0.39 is 0 Å². The number of halogens is 1. The predicted molar refractivity (Wildman–Crippen MR) is 130 cm³/mol. The van der Waals surface area contributed by atoms with Crippen molar-refractivity contribution in [2.75, 3.05) is 30.9 Å². The predicted octanol–water partition coefficient (Wildman–Crippen LogP) is 4.85. The van der Waals surface area contributed by atoms with Gasteiger partial charge in [0.1, 0.15) is 11.5 Å². The summed E-state index contributed by atoms with van der Waals surface area (Å²) in [5.41, 5.74) is 5.01. The number of aromatic nitrogens is 4. The van der Waals surface area contributed by atoms with Gasteiger partial charge >= 0.3 is 0 Å². The Bertz CT molecular complexity index is 1320. The third kappa shape index (κ3) is 4.25. The third-order valence-corrected chi connectivity index (χ3v) is 5.19. The minimum Gasteiger partial charge on any atom is -0.373 e. The zero-order chi connectivity index (χ0) is 22.7. The Morgan fingerprint density at radius 2 is 2.16 bits per heavy atom. The summed E-state index contributed by atoms with van der Waals surface area (Å²) < 4.78 is 15.5. The lowest BCUT2D eigenvalue weighted by Crippen LogP contribution is -2.12. The maximum absolute atomic E-state index is 13.7. The maximum atomic E-state index is 13.7. The van der Waals surface area contributed by atoms with Crippen molar-refractivity contribution in [1.29, 1.82) is 0 Å². The molecule has 0 unspecified atom stereocenters. The van der Waals surface area contributed by atoms with Crippen LogP contribution in [0.15, 0.2) is 65.8 Å².